The van der Waals surface area contributed by atoms with Crippen molar-refractivity contribution in [3.8, 4) is 5.75 Å². The summed E-state index contributed by atoms with van der Waals surface area (Å²) in [7, 11) is 0. The van der Waals surface area contributed by atoms with Crippen LogP contribution in [0.2, 0.25) is 0 Å². The summed E-state index contributed by atoms with van der Waals surface area (Å²) in [6.07, 6.45) is 3.35. The first-order chi connectivity index (χ1) is 9.88. The molecule has 1 unspecified atom stereocenters. The summed E-state index contributed by atoms with van der Waals surface area (Å²) in [4.78, 5) is 4.12. The van der Waals surface area contributed by atoms with Crippen LogP contribution in [0.25, 0.3) is 10.8 Å². The van der Waals surface area contributed by atoms with E-state index in [1.54, 1.807) is 12.4 Å². The molecule has 0 saturated carbocycles. The van der Waals surface area contributed by atoms with Gasteiger partial charge in [-0.25, -0.2) is 0 Å². The number of nitrogens with two attached hydrogens (primary N) is 1. The average molecular weight is 264 g/mol. The molecule has 0 spiro atoms. The van der Waals surface area contributed by atoms with E-state index in [9.17, 15) is 0 Å². The predicted molar refractivity (Wildman–Crippen MR) is 80.6 cm³/mol. The minimum atomic E-state index is -0.186. The molecule has 3 nitrogen and oxygen atoms in total. The molecule has 0 fully saturated rings. The number of benzene rings is 2. The van der Waals surface area contributed by atoms with Crippen LogP contribution in [0.3, 0.4) is 0 Å². The van der Waals surface area contributed by atoms with Gasteiger partial charge in [-0.2, -0.15) is 0 Å². The third kappa shape index (κ3) is 2.49. The number of hydrogen-bond donors (Lipinski definition) is 1. The van der Waals surface area contributed by atoms with Crippen LogP contribution < -0.4 is 10.5 Å². The fourth-order valence-electron chi connectivity index (χ4n) is 2.27. The van der Waals surface area contributed by atoms with Crippen molar-refractivity contribution in [1.82, 2.24) is 4.98 Å². The highest BCUT2D eigenvalue weighted by molar-refractivity contribution is 5.88. The molecule has 3 rings (SSSR count). The first-order valence-corrected chi connectivity index (χ1v) is 6.63. The van der Waals surface area contributed by atoms with E-state index in [1.165, 1.54) is 0 Å². The molecule has 0 aliphatic rings. The number of ether oxygens (including phenoxy) is 1. The van der Waals surface area contributed by atoms with Crippen molar-refractivity contribution < 1.29 is 4.74 Å². The number of nitrogens with zero attached hydrogens (tertiary/aromatic N) is 1. The second-order valence-corrected chi connectivity index (χ2v) is 4.61. The summed E-state index contributed by atoms with van der Waals surface area (Å²) in [6, 6.07) is 18.1. The van der Waals surface area contributed by atoms with E-state index in [4.69, 9.17) is 10.5 Å². The van der Waals surface area contributed by atoms with Crippen molar-refractivity contribution in [3.05, 3.63) is 72.6 Å². The van der Waals surface area contributed by atoms with Crippen LogP contribution in [0.15, 0.2) is 67.0 Å². The maximum Gasteiger partial charge on any atom is 0.137 e. The van der Waals surface area contributed by atoms with Crippen LogP contribution in [0, 0.1) is 0 Å². The molecule has 100 valence electrons. The average Bonchev–Trinajstić information content (AvgIpc) is 2.53. The zero-order valence-electron chi connectivity index (χ0n) is 11.1. The maximum atomic E-state index is 6.10. The molecule has 0 aliphatic heterocycles. The molecule has 2 aromatic carbocycles. The maximum absolute atomic E-state index is 6.10. The fraction of sp³-hybridized carbons (Fsp3) is 0.118. The van der Waals surface area contributed by atoms with Crippen LogP contribution in [0.5, 0.6) is 5.75 Å². The molecule has 0 saturated heterocycles. The Morgan fingerprint density at radius 2 is 1.85 bits per heavy atom. The van der Waals surface area contributed by atoms with Crippen LogP contribution in [-0.2, 0) is 0 Å². The monoisotopic (exact) mass is 264 g/mol. The Morgan fingerprint density at radius 1 is 1.00 bits per heavy atom. The molecule has 0 radical (unpaired) electrons. The highest BCUT2D eigenvalue weighted by Gasteiger charge is 2.13. The van der Waals surface area contributed by atoms with Gasteiger partial charge in [0.2, 0.25) is 0 Å². The Balaban J connectivity index is 1.96. The summed E-state index contributed by atoms with van der Waals surface area (Å²) in [6.45, 7) is 0.412. The zero-order chi connectivity index (χ0) is 13.8. The third-order valence-corrected chi connectivity index (χ3v) is 3.29. The molecule has 1 aromatic heterocycles. The first kappa shape index (κ1) is 12.6. The van der Waals surface area contributed by atoms with E-state index < -0.39 is 0 Å². The molecule has 1 heterocycles. The van der Waals surface area contributed by atoms with Gasteiger partial charge < -0.3 is 10.5 Å². The third-order valence-electron chi connectivity index (χ3n) is 3.29. The van der Waals surface area contributed by atoms with E-state index in [-0.39, 0.29) is 6.10 Å². The Bertz CT molecular complexity index is 692. The minimum absolute atomic E-state index is 0.186. The van der Waals surface area contributed by atoms with Crippen molar-refractivity contribution in [2.24, 2.45) is 5.73 Å². The second kappa shape index (κ2) is 5.72. The number of fused-ring (bicyclic) bond motifs is 1. The highest BCUT2D eigenvalue weighted by Crippen LogP contribution is 2.29. The SMILES string of the molecule is NCC(Oc1cccc2ccccc12)c1cccnc1. The van der Waals surface area contributed by atoms with Gasteiger partial charge in [0.1, 0.15) is 11.9 Å². The van der Waals surface area contributed by atoms with E-state index in [0.717, 1.165) is 22.1 Å². The molecule has 0 amide bonds. The molecule has 3 heteroatoms. The molecule has 1 atom stereocenters. The topological polar surface area (TPSA) is 48.1 Å². The number of hydrogen-bond acceptors (Lipinski definition) is 3. The normalized spacial score (nSPS) is 12.2. The van der Waals surface area contributed by atoms with Gasteiger partial charge in [-0.3, -0.25) is 4.98 Å². The molecule has 0 aliphatic carbocycles. The van der Waals surface area contributed by atoms with Crippen molar-refractivity contribution in [2.75, 3.05) is 6.54 Å². The van der Waals surface area contributed by atoms with Gasteiger partial charge in [0.05, 0.1) is 0 Å². The van der Waals surface area contributed by atoms with E-state index in [0.29, 0.717) is 6.54 Å². The molecule has 3 aromatic rings. The standard InChI is InChI=1S/C17H16N2O/c18-11-17(14-7-4-10-19-12-14)20-16-9-3-6-13-5-1-2-8-15(13)16/h1-10,12,17H,11,18H2. The Morgan fingerprint density at radius 3 is 2.65 bits per heavy atom. The summed E-state index contributed by atoms with van der Waals surface area (Å²) < 4.78 is 6.10. The van der Waals surface area contributed by atoms with Crippen molar-refractivity contribution in [3.63, 3.8) is 0 Å². The highest BCUT2D eigenvalue weighted by atomic mass is 16.5. The smallest absolute Gasteiger partial charge is 0.137 e. The number of rotatable bonds is 4. The van der Waals surface area contributed by atoms with Gasteiger partial charge in [0.25, 0.3) is 0 Å². The molecule has 20 heavy (non-hydrogen) atoms. The summed E-state index contributed by atoms with van der Waals surface area (Å²) >= 11 is 0. The lowest BCUT2D eigenvalue weighted by atomic mass is 10.1. The van der Waals surface area contributed by atoms with Crippen molar-refractivity contribution >= 4 is 10.8 Å². The van der Waals surface area contributed by atoms with Crippen LogP contribution in [-0.4, -0.2) is 11.5 Å². The fourth-order valence-corrected chi connectivity index (χ4v) is 2.27. The quantitative estimate of drug-likeness (QED) is 0.786. The van der Waals surface area contributed by atoms with Gasteiger partial charge in [0, 0.05) is 29.9 Å². The van der Waals surface area contributed by atoms with Gasteiger partial charge in [-0.1, -0.05) is 42.5 Å². The second-order valence-electron chi connectivity index (χ2n) is 4.61. The van der Waals surface area contributed by atoms with Gasteiger partial charge in [0.15, 0.2) is 0 Å². The van der Waals surface area contributed by atoms with Crippen LogP contribution >= 0.6 is 0 Å². The van der Waals surface area contributed by atoms with E-state index >= 15 is 0 Å². The molecule has 0 bridgehead atoms. The van der Waals surface area contributed by atoms with Crippen LogP contribution in [0.1, 0.15) is 11.7 Å². The van der Waals surface area contributed by atoms with Crippen LogP contribution in [0.4, 0.5) is 0 Å². The summed E-state index contributed by atoms with van der Waals surface area (Å²) in [5.41, 5.74) is 6.83. The first-order valence-electron chi connectivity index (χ1n) is 6.63. The molecular weight excluding hydrogens is 248 g/mol. The predicted octanol–water partition coefficient (Wildman–Crippen LogP) is 3.31. The number of aromatic nitrogens is 1. The number of pyridine rings is 1. The van der Waals surface area contributed by atoms with Gasteiger partial charge in [-0.05, 0) is 17.5 Å². The minimum Gasteiger partial charge on any atom is -0.484 e. The lowest BCUT2D eigenvalue weighted by Crippen LogP contribution is -2.18. The lowest BCUT2D eigenvalue weighted by molar-refractivity contribution is 0.216. The van der Waals surface area contributed by atoms with Gasteiger partial charge >= 0.3 is 0 Å². The largest absolute Gasteiger partial charge is 0.484 e. The van der Waals surface area contributed by atoms with Crippen molar-refractivity contribution in [2.45, 2.75) is 6.10 Å². The lowest BCUT2D eigenvalue weighted by Gasteiger charge is -2.18. The molecule has 2 N–H and O–H groups in total. The van der Waals surface area contributed by atoms with E-state index in [1.807, 2.05) is 36.4 Å². The molecular formula is C17H16N2O. The summed E-state index contributed by atoms with van der Waals surface area (Å²) in [5.74, 6) is 0.849. The van der Waals surface area contributed by atoms with E-state index in [2.05, 4.69) is 23.2 Å². The van der Waals surface area contributed by atoms with Gasteiger partial charge in [-0.15, -0.1) is 0 Å². The Labute approximate surface area is 118 Å². The Kier molecular flexibility index (Phi) is 3.61. The summed E-state index contributed by atoms with van der Waals surface area (Å²) in [5, 5.41) is 2.25. The zero-order valence-corrected chi connectivity index (χ0v) is 11.1. The Hall–Kier alpha value is -2.39. The van der Waals surface area contributed by atoms with Crippen molar-refractivity contribution in [1.29, 1.82) is 0 Å².